The van der Waals surface area contributed by atoms with Crippen molar-refractivity contribution in [2.75, 3.05) is 18.2 Å². The van der Waals surface area contributed by atoms with Crippen LogP contribution >= 0.6 is 0 Å². The fourth-order valence-corrected chi connectivity index (χ4v) is 2.74. The smallest absolute Gasteiger partial charge is 0.227 e. The number of benzene rings is 2. The molecule has 2 aromatic carbocycles. The number of halogens is 1. The van der Waals surface area contributed by atoms with Gasteiger partial charge in [0.2, 0.25) is 5.95 Å². The fraction of sp³-hybridized carbons (Fsp3) is 0.0500. The van der Waals surface area contributed by atoms with Gasteiger partial charge in [-0.1, -0.05) is 12.1 Å². The molecule has 0 saturated carbocycles. The summed E-state index contributed by atoms with van der Waals surface area (Å²) in [6.45, 7) is 0. The average Bonchev–Trinajstić information content (AvgIpc) is 2.70. The Morgan fingerprint density at radius 2 is 1.70 bits per heavy atom. The molecule has 0 aliphatic carbocycles. The maximum absolute atomic E-state index is 13.3. The molecule has 4 aromatic rings. The highest BCUT2D eigenvalue weighted by atomic mass is 19.1. The minimum absolute atomic E-state index is 0.303. The van der Waals surface area contributed by atoms with Gasteiger partial charge in [-0.05, 0) is 42.0 Å². The standard InChI is InChI=1S/C20H16FN5O/c1-27-15-8-6-14(7-9-15)25-20-24-11-17-18(26-20)16(10-23-19(17)22)12-2-4-13(21)5-3-12/h2-11H,1H3,(H2,22,23)(H,24,25,26). The normalized spacial score (nSPS) is 10.7. The number of ether oxygens (including phenoxy) is 1. The van der Waals surface area contributed by atoms with Gasteiger partial charge in [-0.3, -0.25) is 0 Å². The van der Waals surface area contributed by atoms with Crippen molar-refractivity contribution in [2.45, 2.75) is 0 Å². The van der Waals surface area contributed by atoms with Crippen LogP contribution in [0.15, 0.2) is 60.9 Å². The molecular weight excluding hydrogens is 345 g/mol. The van der Waals surface area contributed by atoms with Gasteiger partial charge in [-0.2, -0.15) is 0 Å². The molecule has 7 heteroatoms. The largest absolute Gasteiger partial charge is 0.497 e. The number of methoxy groups -OCH3 is 1. The number of rotatable bonds is 4. The molecule has 0 saturated heterocycles. The van der Waals surface area contributed by atoms with Crippen LogP contribution in [0.4, 0.5) is 21.8 Å². The summed E-state index contributed by atoms with van der Waals surface area (Å²) in [4.78, 5) is 13.1. The summed E-state index contributed by atoms with van der Waals surface area (Å²) in [5, 5.41) is 3.79. The molecule has 27 heavy (non-hydrogen) atoms. The lowest BCUT2D eigenvalue weighted by Gasteiger charge is -2.10. The van der Waals surface area contributed by atoms with E-state index in [2.05, 4.69) is 20.3 Å². The van der Waals surface area contributed by atoms with Crippen molar-refractivity contribution in [1.82, 2.24) is 15.0 Å². The van der Waals surface area contributed by atoms with Crippen molar-refractivity contribution in [2.24, 2.45) is 0 Å². The molecular formula is C20H16FN5O. The summed E-state index contributed by atoms with van der Waals surface area (Å²) < 4.78 is 18.4. The van der Waals surface area contributed by atoms with E-state index < -0.39 is 0 Å². The van der Waals surface area contributed by atoms with E-state index in [1.165, 1.54) is 12.1 Å². The lowest BCUT2D eigenvalue weighted by Crippen LogP contribution is -2.01. The van der Waals surface area contributed by atoms with Gasteiger partial charge >= 0.3 is 0 Å². The van der Waals surface area contributed by atoms with Crippen LogP contribution in [0, 0.1) is 5.82 Å². The van der Waals surface area contributed by atoms with E-state index in [0.717, 1.165) is 22.6 Å². The lowest BCUT2D eigenvalue weighted by atomic mass is 10.1. The van der Waals surface area contributed by atoms with Gasteiger partial charge in [0, 0.05) is 23.6 Å². The van der Waals surface area contributed by atoms with Crippen LogP contribution in [-0.2, 0) is 0 Å². The van der Waals surface area contributed by atoms with Gasteiger partial charge in [0.15, 0.2) is 0 Å². The lowest BCUT2D eigenvalue weighted by molar-refractivity contribution is 0.415. The number of nitrogens with zero attached hydrogens (tertiary/aromatic N) is 3. The number of hydrogen-bond donors (Lipinski definition) is 2. The maximum atomic E-state index is 13.3. The number of fused-ring (bicyclic) bond motifs is 1. The predicted molar refractivity (Wildman–Crippen MR) is 103 cm³/mol. The molecule has 4 rings (SSSR count). The minimum atomic E-state index is -0.303. The highest BCUT2D eigenvalue weighted by molar-refractivity contribution is 5.98. The number of anilines is 3. The molecule has 0 spiro atoms. The van der Waals surface area contributed by atoms with Gasteiger partial charge in [0.1, 0.15) is 17.4 Å². The second kappa shape index (κ2) is 6.87. The van der Waals surface area contributed by atoms with E-state index >= 15 is 0 Å². The van der Waals surface area contributed by atoms with Crippen molar-refractivity contribution in [1.29, 1.82) is 0 Å². The minimum Gasteiger partial charge on any atom is -0.497 e. The van der Waals surface area contributed by atoms with Crippen molar-refractivity contribution in [3.8, 4) is 16.9 Å². The summed E-state index contributed by atoms with van der Waals surface area (Å²) >= 11 is 0. The predicted octanol–water partition coefficient (Wildman–Crippen LogP) is 4.17. The van der Waals surface area contributed by atoms with Crippen molar-refractivity contribution in [3.05, 3.63) is 66.7 Å². The number of hydrogen-bond acceptors (Lipinski definition) is 6. The molecule has 2 aromatic heterocycles. The molecule has 0 aliphatic rings. The molecule has 2 heterocycles. The molecule has 0 radical (unpaired) electrons. The number of aromatic nitrogens is 3. The van der Waals surface area contributed by atoms with E-state index in [-0.39, 0.29) is 5.82 Å². The van der Waals surface area contributed by atoms with Crippen LogP contribution in [0.25, 0.3) is 22.0 Å². The van der Waals surface area contributed by atoms with E-state index in [4.69, 9.17) is 10.5 Å². The second-order valence-corrected chi connectivity index (χ2v) is 5.87. The molecule has 0 aliphatic heterocycles. The Bertz CT molecular complexity index is 1100. The average molecular weight is 361 g/mol. The first-order valence-electron chi connectivity index (χ1n) is 8.22. The zero-order valence-electron chi connectivity index (χ0n) is 14.5. The second-order valence-electron chi connectivity index (χ2n) is 5.87. The van der Waals surface area contributed by atoms with Crippen molar-refractivity contribution >= 4 is 28.4 Å². The van der Waals surface area contributed by atoms with Crippen LogP contribution in [0.5, 0.6) is 5.75 Å². The molecule has 6 nitrogen and oxygen atoms in total. The fourth-order valence-electron chi connectivity index (χ4n) is 2.74. The Morgan fingerprint density at radius 1 is 0.963 bits per heavy atom. The van der Waals surface area contributed by atoms with Crippen LogP contribution in [-0.4, -0.2) is 22.1 Å². The summed E-state index contributed by atoms with van der Waals surface area (Å²) in [6.07, 6.45) is 3.26. The van der Waals surface area contributed by atoms with Gasteiger partial charge in [0.25, 0.3) is 0 Å². The number of pyridine rings is 1. The Kier molecular flexibility index (Phi) is 4.25. The summed E-state index contributed by atoms with van der Waals surface area (Å²) in [7, 11) is 1.62. The third-order valence-corrected chi connectivity index (χ3v) is 4.15. The quantitative estimate of drug-likeness (QED) is 0.567. The summed E-state index contributed by atoms with van der Waals surface area (Å²) in [6, 6.07) is 13.6. The third-order valence-electron chi connectivity index (χ3n) is 4.15. The molecule has 134 valence electrons. The van der Waals surface area contributed by atoms with Gasteiger partial charge in [-0.15, -0.1) is 0 Å². The first-order chi connectivity index (χ1) is 13.1. The highest BCUT2D eigenvalue weighted by Gasteiger charge is 2.11. The topological polar surface area (TPSA) is 86.0 Å². The Balaban J connectivity index is 1.77. The number of nitrogens with one attached hydrogen (secondary N) is 1. The SMILES string of the molecule is COc1ccc(Nc2ncc3c(N)ncc(-c4ccc(F)cc4)c3n2)cc1. The summed E-state index contributed by atoms with van der Waals surface area (Å²) in [5.41, 5.74) is 8.98. The van der Waals surface area contributed by atoms with Crippen molar-refractivity contribution in [3.63, 3.8) is 0 Å². The zero-order chi connectivity index (χ0) is 18.8. The Hall–Kier alpha value is -3.74. The molecule has 0 atom stereocenters. The third kappa shape index (κ3) is 3.35. The van der Waals surface area contributed by atoms with E-state index in [0.29, 0.717) is 22.7 Å². The number of nitrogen functional groups attached to an aromatic ring is 1. The first-order valence-corrected chi connectivity index (χ1v) is 8.22. The molecule has 0 unspecified atom stereocenters. The van der Waals surface area contributed by atoms with E-state index in [1.807, 2.05) is 24.3 Å². The Labute approximate surface area is 154 Å². The van der Waals surface area contributed by atoms with Gasteiger partial charge < -0.3 is 15.8 Å². The highest BCUT2D eigenvalue weighted by Crippen LogP contribution is 2.30. The number of nitrogens with two attached hydrogens (primary N) is 1. The zero-order valence-corrected chi connectivity index (χ0v) is 14.5. The molecule has 0 amide bonds. The maximum Gasteiger partial charge on any atom is 0.227 e. The van der Waals surface area contributed by atoms with Gasteiger partial charge in [0.05, 0.1) is 18.0 Å². The molecule has 0 bridgehead atoms. The van der Waals surface area contributed by atoms with Gasteiger partial charge in [-0.25, -0.2) is 19.3 Å². The van der Waals surface area contributed by atoms with Crippen LogP contribution in [0.1, 0.15) is 0 Å². The first kappa shape index (κ1) is 16.7. The molecule has 0 fully saturated rings. The van der Waals surface area contributed by atoms with Crippen LogP contribution in [0.2, 0.25) is 0 Å². The monoisotopic (exact) mass is 361 g/mol. The molecule has 3 N–H and O–H groups in total. The van der Waals surface area contributed by atoms with Crippen molar-refractivity contribution < 1.29 is 9.13 Å². The van der Waals surface area contributed by atoms with E-state index in [9.17, 15) is 4.39 Å². The van der Waals surface area contributed by atoms with Crippen LogP contribution < -0.4 is 15.8 Å². The van der Waals surface area contributed by atoms with E-state index in [1.54, 1.807) is 31.6 Å². The van der Waals surface area contributed by atoms with Crippen LogP contribution in [0.3, 0.4) is 0 Å². The Morgan fingerprint density at radius 3 is 2.41 bits per heavy atom. The summed E-state index contributed by atoms with van der Waals surface area (Å²) in [5.74, 6) is 1.22.